The van der Waals surface area contributed by atoms with Gasteiger partial charge in [0.15, 0.2) is 5.69 Å². The number of hydrogen-bond donors (Lipinski definition) is 0. The van der Waals surface area contributed by atoms with Gasteiger partial charge in [-0.2, -0.15) is 4.99 Å². The minimum Gasteiger partial charge on any atom is -0.258 e. The molecule has 0 radical (unpaired) electrons. The number of aryl methyl sites for hydroxylation is 1. The summed E-state index contributed by atoms with van der Waals surface area (Å²) in [5.74, 6) is 0. The molecule has 14 heavy (non-hydrogen) atoms. The van der Waals surface area contributed by atoms with Crippen LogP contribution in [0.15, 0.2) is 21.6 Å². The van der Waals surface area contributed by atoms with Gasteiger partial charge in [-0.15, -0.1) is 0 Å². The first kappa shape index (κ1) is 10.6. The number of hydrogen-bond acceptors (Lipinski definition) is 4. The van der Waals surface area contributed by atoms with E-state index in [1.165, 1.54) is 12.1 Å². The van der Waals surface area contributed by atoms with Crippen molar-refractivity contribution in [2.45, 2.75) is 6.92 Å². The minimum atomic E-state index is -0.590. The molecule has 72 valence electrons. The summed E-state index contributed by atoms with van der Waals surface area (Å²) in [7, 11) is 0. The van der Waals surface area contributed by atoms with Crippen molar-refractivity contribution in [3.8, 4) is 0 Å². The number of nitrogens with zero attached hydrogens (tertiary/aromatic N) is 2. The number of halogens is 1. The van der Waals surface area contributed by atoms with E-state index in [4.69, 9.17) is 0 Å². The van der Waals surface area contributed by atoms with Gasteiger partial charge in [0.05, 0.1) is 9.40 Å². The first-order valence-electron chi connectivity index (χ1n) is 3.59. The van der Waals surface area contributed by atoms with Gasteiger partial charge in [-0.25, -0.2) is 4.79 Å². The highest BCUT2D eigenvalue weighted by Gasteiger charge is 2.19. The van der Waals surface area contributed by atoms with E-state index in [9.17, 15) is 14.9 Å². The van der Waals surface area contributed by atoms with E-state index in [-0.39, 0.29) is 11.4 Å². The number of aliphatic imine (C=N–C) groups is 1. The smallest absolute Gasteiger partial charge is 0.258 e. The maximum absolute atomic E-state index is 10.7. The van der Waals surface area contributed by atoms with Crippen LogP contribution in [0.2, 0.25) is 0 Å². The highest BCUT2D eigenvalue weighted by molar-refractivity contribution is 9.10. The van der Waals surface area contributed by atoms with Crippen LogP contribution in [0.25, 0.3) is 0 Å². The van der Waals surface area contributed by atoms with E-state index in [2.05, 4.69) is 20.9 Å². The lowest BCUT2D eigenvalue weighted by Gasteiger charge is -2.01. The molecule has 1 aromatic carbocycles. The van der Waals surface area contributed by atoms with Gasteiger partial charge in [-0.3, -0.25) is 10.1 Å². The third kappa shape index (κ3) is 1.86. The van der Waals surface area contributed by atoms with Crippen LogP contribution in [0.3, 0.4) is 0 Å². The number of isocyanates is 1. The van der Waals surface area contributed by atoms with Crippen LogP contribution >= 0.6 is 15.9 Å². The second kappa shape index (κ2) is 4.13. The Labute approximate surface area is 87.7 Å². The Morgan fingerprint density at radius 2 is 2.21 bits per heavy atom. The van der Waals surface area contributed by atoms with Gasteiger partial charge in [0.2, 0.25) is 6.08 Å². The lowest BCUT2D eigenvalue weighted by molar-refractivity contribution is -0.384. The van der Waals surface area contributed by atoms with Crippen LogP contribution in [0.1, 0.15) is 5.56 Å². The monoisotopic (exact) mass is 256 g/mol. The van der Waals surface area contributed by atoms with Gasteiger partial charge in [-0.1, -0.05) is 6.07 Å². The van der Waals surface area contributed by atoms with E-state index >= 15 is 0 Å². The molecule has 0 aromatic heterocycles. The fourth-order valence-corrected chi connectivity index (χ4v) is 1.48. The fraction of sp³-hybridized carbons (Fsp3) is 0.125. The largest absolute Gasteiger partial charge is 0.310 e. The molecule has 1 rings (SSSR count). The van der Waals surface area contributed by atoms with E-state index < -0.39 is 4.92 Å². The summed E-state index contributed by atoms with van der Waals surface area (Å²) in [5.41, 5.74) is 0.385. The molecule has 1 aromatic rings. The SMILES string of the molecule is Cc1ccc(Br)c([N+](=O)[O-])c1N=C=O. The van der Waals surface area contributed by atoms with Crippen molar-refractivity contribution < 1.29 is 9.72 Å². The molecule has 0 heterocycles. The molecule has 0 saturated heterocycles. The summed E-state index contributed by atoms with van der Waals surface area (Å²) < 4.78 is 0.294. The van der Waals surface area contributed by atoms with Crippen molar-refractivity contribution in [3.63, 3.8) is 0 Å². The molecule has 0 fully saturated rings. The fourth-order valence-electron chi connectivity index (χ4n) is 1.02. The van der Waals surface area contributed by atoms with Crippen molar-refractivity contribution >= 4 is 33.4 Å². The third-order valence-electron chi connectivity index (χ3n) is 1.64. The molecule has 0 spiro atoms. The molecule has 6 heteroatoms. The number of nitro groups is 1. The first-order chi connectivity index (χ1) is 6.57. The van der Waals surface area contributed by atoms with Crippen LogP contribution < -0.4 is 0 Å². The Morgan fingerprint density at radius 1 is 1.57 bits per heavy atom. The van der Waals surface area contributed by atoms with Crippen molar-refractivity contribution in [2.75, 3.05) is 0 Å². The molecule has 0 amide bonds. The lowest BCUT2D eigenvalue weighted by atomic mass is 10.2. The molecule has 0 bridgehead atoms. The maximum Gasteiger partial charge on any atom is 0.310 e. The number of carbonyl (C=O) groups excluding carboxylic acids is 1. The molecule has 0 aliphatic rings. The predicted molar refractivity (Wildman–Crippen MR) is 53.3 cm³/mol. The maximum atomic E-state index is 10.7. The zero-order chi connectivity index (χ0) is 10.7. The number of benzene rings is 1. The lowest BCUT2D eigenvalue weighted by Crippen LogP contribution is -1.91. The van der Waals surface area contributed by atoms with E-state index in [1.807, 2.05) is 0 Å². The van der Waals surface area contributed by atoms with Crippen molar-refractivity contribution in [1.82, 2.24) is 0 Å². The van der Waals surface area contributed by atoms with Crippen LogP contribution in [-0.2, 0) is 4.79 Å². The summed E-state index contributed by atoms with van der Waals surface area (Å²) in [6.45, 7) is 1.63. The summed E-state index contributed by atoms with van der Waals surface area (Å²) in [6, 6.07) is 3.17. The highest BCUT2D eigenvalue weighted by Crippen LogP contribution is 2.37. The minimum absolute atomic E-state index is 0.0411. The molecule has 5 nitrogen and oxygen atoms in total. The van der Waals surface area contributed by atoms with Crippen LogP contribution in [0, 0.1) is 17.0 Å². The second-order valence-corrected chi connectivity index (χ2v) is 3.38. The zero-order valence-corrected chi connectivity index (χ0v) is 8.74. The van der Waals surface area contributed by atoms with Gasteiger partial charge in [-0.05, 0) is 34.5 Å². The molecule has 0 atom stereocenters. The van der Waals surface area contributed by atoms with Gasteiger partial charge >= 0.3 is 5.69 Å². The molecule has 0 unspecified atom stereocenters. The Morgan fingerprint density at radius 3 is 2.71 bits per heavy atom. The molecule has 0 aliphatic carbocycles. The van der Waals surface area contributed by atoms with E-state index in [0.29, 0.717) is 10.0 Å². The quantitative estimate of drug-likeness (QED) is 0.354. The first-order valence-corrected chi connectivity index (χ1v) is 4.38. The molecular weight excluding hydrogens is 252 g/mol. The van der Waals surface area contributed by atoms with Crippen LogP contribution in [0.5, 0.6) is 0 Å². The number of rotatable bonds is 2. The highest BCUT2D eigenvalue weighted by atomic mass is 79.9. The van der Waals surface area contributed by atoms with Gasteiger partial charge in [0.1, 0.15) is 0 Å². The summed E-state index contributed by atoms with van der Waals surface area (Å²) >= 11 is 3.02. The Bertz CT molecular complexity index is 411. The molecule has 0 N–H and O–H groups in total. The molecule has 0 aliphatic heterocycles. The zero-order valence-electron chi connectivity index (χ0n) is 7.15. The van der Waals surface area contributed by atoms with Gasteiger partial charge < -0.3 is 0 Å². The predicted octanol–water partition coefficient (Wildman–Crippen LogP) is 2.63. The Kier molecular flexibility index (Phi) is 3.11. The summed E-state index contributed by atoms with van der Waals surface area (Å²) in [6.07, 6.45) is 1.30. The average Bonchev–Trinajstić information content (AvgIpc) is 2.11. The van der Waals surface area contributed by atoms with Crippen molar-refractivity contribution in [3.05, 3.63) is 32.3 Å². The molecule has 0 saturated carbocycles. The van der Waals surface area contributed by atoms with Crippen molar-refractivity contribution in [1.29, 1.82) is 0 Å². The average molecular weight is 257 g/mol. The topological polar surface area (TPSA) is 72.6 Å². The van der Waals surface area contributed by atoms with E-state index in [0.717, 1.165) is 0 Å². The van der Waals surface area contributed by atoms with Crippen LogP contribution in [0.4, 0.5) is 11.4 Å². The molecular formula is C8H5BrN2O3. The summed E-state index contributed by atoms with van der Waals surface area (Å²) in [5, 5.41) is 10.7. The van der Waals surface area contributed by atoms with E-state index in [1.54, 1.807) is 13.0 Å². The Balaban J connectivity index is 3.57. The third-order valence-corrected chi connectivity index (χ3v) is 2.28. The summed E-state index contributed by atoms with van der Waals surface area (Å²) in [4.78, 5) is 23.5. The second-order valence-electron chi connectivity index (χ2n) is 2.52. The van der Waals surface area contributed by atoms with Gasteiger partial charge in [0, 0.05) is 0 Å². The standard InChI is InChI=1S/C8H5BrN2O3/c1-5-2-3-6(9)8(11(13)14)7(5)10-4-12/h2-3H,1H3. The van der Waals surface area contributed by atoms with Crippen LogP contribution in [-0.4, -0.2) is 11.0 Å². The number of nitro benzene ring substituents is 1. The Hall–Kier alpha value is -1.52. The van der Waals surface area contributed by atoms with Gasteiger partial charge in [0.25, 0.3) is 0 Å². The van der Waals surface area contributed by atoms with Crippen molar-refractivity contribution in [2.24, 2.45) is 4.99 Å². The normalized spacial score (nSPS) is 9.29.